The SMILES string of the molecule is OCC1COCCN(c2nc(OC[C@@]34CCCN3C[C@H](F)C4)nc3c2CCN(c2cc(O)cc4ccc(F)c(Cl)c24)C3)C1. The number of benzene rings is 2. The van der Waals surface area contributed by atoms with Crippen molar-refractivity contribution in [3.05, 3.63) is 46.4 Å². The molecule has 0 saturated carbocycles. The Balaban J connectivity index is 1.25. The number of rotatable bonds is 6. The van der Waals surface area contributed by atoms with Crippen LogP contribution in [0.5, 0.6) is 11.8 Å². The van der Waals surface area contributed by atoms with Crippen molar-refractivity contribution in [2.75, 3.05) is 69.0 Å². The van der Waals surface area contributed by atoms with Gasteiger partial charge < -0.3 is 29.5 Å². The minimum Gasteiger partial charge on any atom is -0.508 e. The van der Waals surface area contributed by atoms with Crippen molar-refractivity contribution in [3.63, 3.8) is 0 Å². The van der Waals surface area contributed by atoms with E-state index in [1.807, 2.05) is 4.90 Å². The molecule has 2 aromatic carbocycles. The third kappa shape index (κ3) is 5.34. The highest BCUT2D eigenvalue weighted by Gasteiger charge is 2.49. The van der Waals surface area contributed by atoms with Crippen LogP contribution in [0.2, 0.25) is 5.02 Å². The number of nitrogens with zero attached hydrogens (tertiary/aromatic N) is 5. The standard InChI is InChI=1S/C31H36ClF2N5O4/c32-28-24(34)3-2-20-10-22(41)11-26(27(20)28)37-7-4-23-25(15-37)35-30(36-29(23)38-8-9-42-17-19(13-38)16-40)43-18-31-5-1-6-39(31)14-21(33)12-31/h2-3,10-11,19,21,40-41H,1,4-9,12-18H2/t19?,21-,31+/m1/s1. The third-order valence-corrected chi connectivity index (χ3v) is 9.83. The Kier molecular flexibility index (Phi) is 7.69. The van der Waals surface area contributed by atoms with E-state index in [4.69, 9.17) is 31.0 Å². The number of aliphatic hydroxyl groups excluding tert-OH is 1. The van der Waals surface area contributed by atoms with Gasteiger partial charge >= 0.3 is 6.01 Å². The molecule has 0 aliphatic carbocycles. The number of phenolic OH excluding ortho intramolecular Hbond substituents is 1. The summed E-state index contributed by atoms with van der Waals surface area (Å²) < 4.78 is 41.1. The predicted molar refractivity (Wildman–Crippen MR) is 160 cm³/mol. The van der Waals surface area contributed by atoms with Gasteiger partial charge in [-0.15, -0.1) is 0 Å². The van der Waals surface area contributed by atoms with Crippen LogP contribution in [-0.4, -0.2) is 95.9 Å². The molecule has 7 rings (SSSR count). The maximum atomic E-state index is 14.6. The molecule has 1 aromatic heterocycles. The Hall–Kier alpha value is -2.99. The first-order chi connectivity index (χ1) is 20.8. The Morgan fingerprint density at radius 2 is 2.02 bits per heavy atom. The molecule has 3 saturated heterocycles. The van der Waals surface area contributed by atoms with Crippen molar-refractivity contribution in [1.29, 1.82) is 0 Å². The molecule has 4 aliphatic heterocycles. The van der Waals surface area contributed by atoms with E-state index in [1.165, 1.54) is 6.07 Å². The monoisotopic (exact) mass is 615 g/mol. The molecule has 12 heteroatoms. The lowest BCUT2D eigenvalue weighted by Gasteiger charge is -2.35. The highest BCUT2D eigenvalue weighted by atomic mass is 35.5. The van der Waals surface area contributed by atoms with E-state index in [-0.39, 0.29) is 34.8 Å². The molecule has 3 fully saturated rings. The van der Waals surface area contributed by atoms with E-state index in [0.29, 0.717) is 81.8 Å². The zero-order valence-electron chi connectivity index (χ0n) is 23.9. The average Bonchev–Trinajstić information content (AvgIpc) is 3.41. The maximum Gasteiger partial charge on any atom is 0.318 e. The van der Waals surface area contributed by atoms with Gasteiger partial charge in [0.05, 0.1) is 41.7 Å². The van der Waals surface area contributed by atoms with Crippen molar-refractivity contribution in [3.8, 4) is 11.8 Å². The summed E-state index contributed by atoms with van der Waals surface area (Å²) >= 11 is 6.46. The van der Waals surface area contributed by atoms with Gasteiger partial charge in [0, 0.05) is 62.1 Å². The summed E-state index contributed by atoms with van der Waals surface area (Å²) in [7, 11) is 0. The lowest BCUT2D eigenvalue weighted by atomic mass is 9.95. The molecule has 43 heavy (non-hydrogen) atoms. The van der Waals surface area contributed by atoms with Crippen LogP contribution in [0.3, 0.4) is 0 Å². The van der Waals surface area contributed by atoms with Crippen LogP contribution < -0.4 is 14.5 Å². The van der Waals surface area contributed by atoms with E-state index in [9.17, 15) is 19.0 Å². The largest absolute Gasteiger partial charge is 0.508 e. The van der Waals surface area contributed by atoms with Crippen LogP contribution in [0.1, 0.15) is 30.5 Å². The first-order valence-electron chi connectivity index (χ1n) is 15.0. The fourth-order valence-electron chi connectivity index (χ4n) is 7.36. The average molecular weight is 616 g/mol. The number of halogens is 3. The molecule has 0 amide bonds. The molecule has 9 nitrogen and oxygen atoms in total. The summed E-state index contributed by atoms with van der Waals surface area (Å²) in [5.41, 5.74) is 2.02. The number of anilines is 2. The van der Waals surface area contributed by atoms with E-state index in [0.717, 1.165) is 36.5 Å². The van der Waals surface area contributed by atoms with Gasteiger partial charge in [0.2, 0.25) is 0 Å². The molecular weight excluding hydrogens is 580 g/mol. The molecule has 0 bridgehead atoms. The summed E-state index contributed by atoms with van der Waals surface area (Å²) in [6.07, 6.45) is 2.07. The van der Waals surface area contributed by atoms with Gasteiger partial charge in [-0.25, -0.2) is 8.78 Å². The molecule has 1 unspecified atom stereocenters. The van der Waals surface area contributed by atoms with Gasteiger partial charge in [0.15, 0.2) is 0 Å². The number of aromatic hydroxyl groups is 1. The Morgan fingerprint density at radius 3 is 2.88 bits per heavy atom. The number of aromatic nitrogens is 2. The molecular formula is C31H36ClF2N5O4. The topological polar surface area (TPSA) is 94.4 Å². The lowest BCUT2D eigenvalue weighted by Crippen LogP contribution is -2.43. The van der Waals surface area contributed by atoms with Crippen LogP contribution in [0.25, 0.3) is 10.8 Å². The van der Waals surface area contributed by atoms with Gasteiger partial charge in [-0.3, -0.25) is 4.90 Å². The molecule has 0 radical (unpaired) electrons. The molecule has 2 N–H and O–H groups in total. The van der Waals surface area contributed by atoms with Crippen molar-refractivity contribution in [1.82, 2.24) is 14.9 Å². The summed E-state index contributed by atoms with van der Waals surface area (Å²) in [6, 6.07) is 6.32. The lowest BCUT2D eigenvalue weighted by molar-refractivity contribution is 0.0959. The van der Waals surface area contributed by atoms with E-state index in [2.05, 4.69) is 9.80 Å². The number of alkyl halides is 1. The maximum absolute atomic E-state index is 14.6. The second-order valence-corrected chi connectivity index (χ2v) is 12.7. The van der Waals surface area contributed by atoms with Crippen LogP contribution in [0, 0.1) is 11.7 Å². The predicted octanol–water partition coefficient (Wildman–Crippen LogP) is 4.09. The van der Waals surface area contributed by atoms with Gasteiger partial charge in [-0.05, 0) is 43.3 Å². The van der Waals surface area contributed by atoms with Crippen molar-refractivity contribution < 1.29 is 28.5 Å². The van der Waals surface area contributed by atoms with E-state index in [1.54, 1.807) is 18.2 Å². The number of hydrogen-bond acceptors (Lipinski definition) is 9. The molecule has 4 aliphatic rings. The third-order valence-electron chi connectivity index (χ3n) is 9.46. The van der Waals surface area contributed by atoms with Crippen LogP contribution in [0.15, 0.2) is 24.3 Å². The number of fused-ring (bicyclic) bond motifs is 3. The molecule has 0 spiro atoms. The number of aliphatic hydroxyl groups is 1. The highest BCUT2D eigenvalue weighted by Crippen LogP contribution is 2.42. The van der Waals surface area contributed by atoms with Crippen molar-refractivity contribution in [2.24, 2.45) is 5.92 Å². The van der Waals surface area contributed by atoms with Crippen molar-refractivity contribution in [2.45, 2.75) is 43.9 Å². The second kappa shape index (κ2) is 11.5. The minimum absolute atomic E-state index is 0.00551. The van der Waals surface area contributed by atoms with E-state index < -0.39 is 12.0 Å². The quantitative estimate of drug-likeness (QED) is 0.425. The van der Waals surface area contributed by atoms with Gasteiger partial charge in [0.1, 0.15) is 30.2 Å². The van der Waals surface area contributed by atoms with Gasteiger partial charge in [-0.1, -0.05) is 17.7 Å². The van der Waals surface area contributed by atoms with Gasteiger partial charge in [-0.2, -0.15) is 9.97 Å². The normalized spacial score (nSPS) is 26.0. The summed E-state index contributed by atoms with van der Waals surface area (Å²) in [4.78, 5) is 16.2. The first-order valence-corrected chi connectivity index (χ1v) is 15.4. The second-order valence-electron chi connectivity index (χ2n) is 12.3. The molecule has 3 atom stereocenters. The smallest absolute Gasteiger partial charge is 0.318 e. The summed E-state index contributed by atoms with van der Waals surface area (Å²) in [6.45, 7) is 4.72. The van der Waals surface area contributed by atoms with Crippen LogP contribution in [-0.2, 0) is 17.7 Å². The summed E-state index contributed by atoms with van der Waals surface area (Å²) in [5, 5.41) is 21.6. The fourth-order valence-corrected chi connectivity index (χ4v) is 7.63. The molecule has 230 valence electrons. The number of ether oxygens (including phenoxy) is 2. The van der Waals surface area contributed by atoms with Crippen LogP contribution >= 0.6 is 11.6 Å². The minimum atomic E-state index is -0.862. The van der Waals surface area contributed by atoms with E-state index >= 15 is 0 Å². The van der Waals surface area contributed by atoms with Crippen LogP contribution in [0.4, 0.5) is 20.3 Å². The highest BCUT2D eigenvalue weighted by molar-refractivity contribution is 6.36. The number of hydrogen-bond donors (Lipinski definition) is 2. The van der Waals surface area contributed by atoms with Gasteiger partial charge in [0.25, 0.3) is 0 Å². The Morgan fingerprint density at radius 1 is 1.14 bits per heavy atom. The first kappa shape index (κ1) is 28.8. The number of phenols is 1. The van der Waals surface area contributed by atoms with Crippen molar-refractivity contribution >= 4 is 33.9 Å². The summed E-state index contributed by atoms with van der Waals surface area (Å²) in [5.74, 6) is 0.234. The molecule has 3 aromatic rings. The fraction of sp³-hybridized carbons (Fsp3) is 0.548. The Labute approximate surface area is 254 Å². The zero-order chi connectivity index (χ0) is 29.7. The molecule has 5 heterocycles. The zero-order valence-corrected chi connectivity index (χ0v) is 24.7. The Bertz CT molecular complexity index is 1530.